The molecule has 0 fully saturated rings. The van der Waals surface area contributed by atoms with E-state index < -0.39 is 0 Å². The van der Waals surface area contributed by atoms with Crippen LogP contribution in [-0.2, 0) is 0 Å². The van der Waals surface area contributed by atoms with Crippen LogP contribution in [0, 0.1) is 0 Å². The Balaban J connectivity index is 2.31. The Labute approximate surface area is 104 Å². The first-order valence-corrected chi connectivity index (χ1v) is 5.48. The summed E-state index contributed by atoms with van der Waals surface area (Å²) in [5, 5.41) is 1.01. The summed E-state index contributed by atoms with van der Waals surface area (Å²) in [6.45, 7) is 0. The molecule has 0 aliphatic carbocycles. The number of hydrogen-bond acceptors (Lipinski definition) is 5. The van der Waals surface area contributed by atoms with Gasteiger partial charge in [-0.1, -0.05) is 18.2 Å². The molecule has 3 aromatic rings. The minimum Gasteiger partial charge on any atom is -0.383 e. The van der Waals surface area contributed by atoms with Crippen LogP contribution in [-0.4, -0.2) is 15.0 Å². The zero-order valence-electron chi connectivity index (χ0n) is 9.54. The van der Waals surface area contributed by atoms with Crippen LogP contribution < -0.4 is 11.5 Å². The third-order valence-corrected chi connectivity index (χ3v) is 2.77. The third kappa shape index (κ3) is 1.62. The summed E-state index contributed by atoms with van der Waals surface area (Å²) in [6.07, 6.45) is 3.40. The molecule has 2 aromatic heterocycles. The molecule has 0 saturated heterocycles. The quantitative estimate of drug-likeness (QED) is 0.674. The molecule has 0 amide bonds. The van der Waals surface area contributed by atoms with Crippen LogP contribution in [0.3, 0.4) is 0 Å². The summed E-state index contributed by atoms with van der Waals surface area (Å²) in [5.74, 6) is 0.550. The summed E-state index contributed by atoms with van der Waals surface area (Å²) in [6, 6.07) is 9.73. The lowest BCUT2D eigenvalue weighted by Crippen LogP contribution is -2.01. The van der Waals surface area contributed by atoms with Crippen molar-refractivity contribution >= 4 is 22.7 Å². The highest BCUT2D eigenvalue weighted by Gasteiger charge is 2.09. The molecule has 1 aromatic carbocycles. The Morgan fingerprint density at radius 1 is 0.889 bits per heavy atom. The highest BCUT2D eigenvalue weighted by Crippen LogP contribution is 2.30. The fourth-order valence-electron chi connectivity index (χ4n) is 1.96. The van der Waals surface area contributed by atoms with E-state index in [1.54, 1.807) is 12.4 Å². The number of rotatable bonds is 1. The molecular weight excluding hydrogens is 226 g/mol. The van der Waals surface area contributed by atoms with Gasteiger partial charge in [0, 0.05) is 23.3 Å². The molecule has 3 rings (SSSR count). The molecule has 0 saturated carbocycles. The molecule has 2 heterocycles. The maximum Gasteiger partial charge on any atom is 0.221 e. The van der Waals surface area contributed by atoms with Gasteiger partial charge in [-0.25, -0.2) is 4.98 Å². The summed E-state index contributed by atoms with van der Waals surface area (Å²) in [5.41, 5.74) is 14.0. The topological polar surface area (TPSA) is 90.7 Å². The van der Waals surface area contributed by atoms with Gasteiger partial charge in [0.1, 0.15) is 5.82 Å². The van der Waals surface area contributed by atoms with Gasteiger partial charge >= 0.3 is 0 Å². The standard InChI is InChI=1S/C13H11N5/c14-12-10(7-17-13(15)18-12)8-3-1-5-11-9(8)4-2-6-16-11/h1-7H,(H4,14,15,17,18). The third-order valence-electron chi connectivity index (χ3n) is 2.77. The fourth-order valence-corrected chi connectivity index (χ4v) is 1.96. The van der Waals surface area contributed by atoms with E-state index in [1.807, 2.05) is 30.3 Å². The van der Waals surface area contributed by atoms with Gasteiger partial charge < -0.3 is 11.5 Å². The second-order valence-electron chi connectivity index (χ2n) is 3.90. The first-order valence-electron chi connectivity index (χ1n) is 5.48. The van der Waals surface area contributed by atoms with Crippen molar-refractivity contribution in [2.24, 2.45) is 0 Å². The Bertz CT molecular complexity index is 718. The van der Waals surface area contributed by atoms with Crippen molar-refractivity contribution in [2.75, 3.05) is 11.5 Å². The van der Waals surface area contributed by atoms with Crippen LogP contribution in [0.25, 0.3) is 22.0 Å². The second kappa shape index (κ2) is 3.96. The van der Waals surface area contributed by atoms with E-state index in [4.69, 9.17) is 11.5 Å². The van der Waals surface area contributed by atoms with E-state index in [0.717, 1.165) is 22.0 Å². The molecule has 0 aliphatic rings. The average Bonchev–Trinajstić information content (AvgIpc) is 2.38. The molecule has 0 spiro atoms. The van der Waals surface area contributed by atoms with Crippen molar-refractivity contribution in [1.29, 1.82) is 0 Å². The first kappa shape index (κ1) is 10.5. The number of hydrogen-bond donors (Lipinski definition) is 2. The number of anilines is 2. The molecule has 0 atom stereocenters. The molecule has 0 radical (unpaired) electrons. The lowest BCUT2D eigenvalue weighted by molar-refractivity contribution is 1.20. The lowest BCUT2D eigenvalue weighted by Gasteiger charge is -2.08. The van der Waals surface area contributed by atoms with Gasteiger partial charge in [-0.2, -0.15) is 4.98 Å². The normalized spacial score (nSPS) is 10.7. The molecule has 5 heteroatoms. The second-order valence-corrected chi connectivity index (χ2v) is 3.90. The summed E-state index contributed by atoms with van der Waals surface area (Å²) < 4.78 is 0. The van der Waals surface area contributed by atoms with E-state index in [1.165, 1.54) is 0 Å². The molecule has 5 nitrogen and oxygen atoms in total. The number of nitrogen functional groups attached to an aromatic ring is 2. The molecule has 18 heavy (non-hydrogen) atoms. The van der Waals surface area contributed by atoms with Gasteiger partial charge in [0.15, 0.2) is 0 Å². The molecule has 0 aliphatic heterocycles. The zero-order valence-corrected chi connectivity index (χ0v) is 9.54. The molecule has 4 N–H and O–H groups in total. The Kier molecular flexibility index (Phi) is 2.30. The van der Waals surface area contributed by atoms with Crippen LogP contribution in [0.2, 0.25) is 0 Å². The predicted octanol–water partition coefficient (Wildman–Crippen LogP) is 1.86. The van der Waals surface area contributed by atoms with Gasteiger partial charge in [0.05, 0.1) is 5.52 Å². The van der Waals surface area contributed by atoms with E-state index in [-0.39, 0.29) is 5.95 Å². The van der Waals surface area contributed by atoms with Gasteiger partial charge in [-0.05, 0) is 17.7 Å². The fraction of sp³-hybridized carbons (Fsp3) is 0. The van der Waals surface area contributed by atoms with Crippen molar-refractivity contribution < 1.29 is 0 Å². The molecular formula is C13H11N5. The number of fused-ring (bicyclic) bond motifs is 1. The average molecular weight is 237 g/mol. The number of aromatic nitrogens is 3. The minimum absolute atomic E-state index is 0.176. The smallest absolute Gasteiger partial charge is 0.221 e. The van der Waals surface area contributed by atoms with Crippen LogP contribution >= 0.6 is 0 Å². The SMILES string of the molecule is Nc1ncc(-c2cccc3ncccc23)c(N)n1. The van der Waals surface area contributed by atoms with E-state index in [9.17, 15) is 0 Å². The maximum absolute atomic E-state index is 5.89. The van der Waals surface area contributed by atoms with E-state index in [0.29, 0.717) is 5.82 Å². The van der Waals surface area contributed by atoms with Crippen molar-refractivity contribution in [3.8, 4) is 11.1 Å². The zero-order chi connectivity index (χ0) is 12.5. The largest absolute Gasteiger partial charge is 0.383 e. The van der Waals surface area contributed by atoms with Gasteiger partial charge in [-0.15, -0.1) is 0 Å². The maximum atomic E-state index is 5.89. The minimum atomic E-state index is 0.176. The highest BCUT2D eigenvalue weighted by molar-refractivity contribution is 5.96. The van der Waals surface area contributed by atoms with Crippen molar-refractivity contribution in [2.45, 2.75) is 0 Å². The van der Waals surface area contributed by atoms with Crippen LogP contribution in [0.4, 0.5) is 11.8 Å². The van der Waals surface area contributed by atoms with Gasteiger partial charge in [0.2, 0.25) is 5.95 Å². The summed E-state index contributed by atoms with van der Waals surface area (Å²) >= 11 is 0. The Morgan fingerprint density at radius 3 is 2.61 bits per heavy atom. The van der Waals surface area contributed by atoms with Crippen molar-refractivity contribution in [1.82, 2.24) is 15.0 Å². The van der Waals surface area contributed by atoms with Crippen molar-refractivity contribution in [3.63, 3.8) is 0 Å². The number of nitrogens with zero attached hydrogens (tertiary/aromatic N) is 3. The summed E-state index contributed by atoms with van der Waals surface area (Å²) in [4.78, 5) is 12.3. The molecule has 88 valence electrons. The van der Waals surface area contributed by atoms with Crippen LogP contribution in [0.5, 0.6) is 0 Å². The number of nitrogens with two attached hydrogens (primary N) is 2. The molecule has 0 unspecified atom stereocenters. The van der Waals surface area contributed by atoms with Gasteiger partial charge in [0.25, 0.3) is 0 Å². The Hall–Kier alpha value is -2.69. The number of pyridine rings is 1. The van der Waals surface area contributed by atoms with Crippen LogP contribution in [0.1, 0.15) is 0 Å². The number of benzene rings is 1. The van der Waals surface area contributed by atoms with E-state index >= 15 is 0 Å². The van der Waals surface area contributed by atoms with E-state index in [2.05, 4.69) is 15.0 Å². The van der Waals surface area contributed by atoms with Crippen molar-refractivity contribution in [3.05, 3.63) is 42.7 Å². The Morgan fingerprint density at radius 2 is 1.78 bits per heavy atom. The van der Waals surface area contributed by atoms with Gasteiger partial charge in [-0.3, -0.25) is 4.98 Å². The highest BCUT2D eigenvalue weighted by atomic mass is 15.0. The predicted molar refractivity (Wildman–Crippen MR) is 71.6 cm³/mol. The molecule has 0 bridgehead atoms. The summed E-state index contributed by atoms with van der Waals surface area (Å²) in [7, 11) is 0. The first-order chi connectivity index (χ1) is 8.75. The lowest BCUT2D eigenvalue weighted by atomic mass is 10.0. The monoisotopic (exact) mass is 237 g/mol. The van der Waals surface area contributed by atoms with Crippen LogP contribution in [0.15, 0.2) is 42.7 Å².